The van der Waals surface area contributed by atoms with Crippen molar-refractivity contribution in [3.8, 4) is 0 Å². The molecule has 0 fully saturated rings. The number of benzene rings is 1. The molecule has 0 spiro atoms. The first kappa shape index (κ1) is 12.4. The number of carbonyl (C=O) groups excluding carboxylic acids is 2. The summed E-state index contributed by atoms with van der Waals surface area (Å²) in [5, 5.41) is 0.730. The van der Waals surface area contributed by atoms with Crippen LogP contribution in [0.3, 0.4) is 0 Å². The molecule has 1 aromatic carbocycles. The van der Waals surface area contributed by atoms with Crippen LogP contribution >= 0.6 is 0 Å². The van der Waals surface area contributed by atoms with Gasteiger partial charge in [0.2, 0.25) is 0 Å². The van der Waals surface area contributed by atoms with Crippen molar-refractivity contribution in [2.75, 3.05) is 0 Å². The Morgan fingerprint density at radius 1 is 1.17 bits per heavy atom. The fourth-order valence-corrected chi connectivity index (χ4v) is 1.69. The maximum absolute atomic E-state index is 12.0. The number of hydrogen-bond donors (Lipinski definition) is 1. The van der Waals surface area contributed by atoms with Crippen molar-refractivity contribution in [2.45, 2.75) is 26.4 Å². The molecule has 0 saturated carbocycles. The van der Waals surface area contributed by atoms with E-state index in [2.05, 4.69) is 4.98 Å². The highest BCUT2D eigenvalue weighted by Gasteiger charge is 2.25. The fraction of sp³-hybridized carbons (Fsp3) is 0.286. The number of aromatic amines is 1. The lowest BCUT2D eigenvalue weighted by Crippen LogP contribution is -2.28. The normalized spacial score (nSPS) is 11.5. The first-order chi connectivity index (χ1) is 8.38. The van der Waals surface area contributed by atoms with Gasteiger partial charge in [-0.1, -0.05) is 18.2 Å². The Morgan fingerprint density at radius 3 is 2.50 bits per heavy atom. The molecule has 0 aliphatic heterocycles. The van der Waals surface area contributed by atoms with Gasteiger partial charge >= 0.3 is 5.97 Å². The van der Waals surface area contributed by atoms with Gasteiger partial charge in [-0.05, 0) is 26.8 Å². The number of aromatic nitrogens is 1. The van der Waals surface area contributed by atoms with Crippen LogP contribution in [0.5, 0.6) is 0 Å². The Labute approximate surface area is 105 Å². The Morgan fingerprint density at radius 2 is 1.83 bits per heavy atom. The summed E-state index contributed by atoms with van der Waals surface area (Å²) >= 11 is 0. The zero-order chi connectivity index (χ0) is 13.3. The molecule has 4 nitrogen and oxygen atoms in total. The van der Waals surface area contributed by atoms with Crippen LogP contribution in [0.1, 0.15) is 31.1 Å². The number of hydrogen-bond acceptors (Lipinski definition) is 3. The Balaban J connectivity index is 2.32. The lowest BCUT2D eigenvalue weighted by Gasteiger charge is -2.18. The summed E-state index contributed by atoms with van der Waals surface area (Å²) in [6.07, 6.45) is 1.54. The zero-order valence-corrected chi connectivity index (χ0v) is 10.6. The standard InChI is InChI=1S/C14H15NO3/c1-14(2,3)18-13(17)12(16)10-8-15-11-7-5-4-6-9(10)11/h4-8,15H,1-3H3. The lowest BCUT2D eigenvalue weighted by molar-refractivity contribution is -0.148. The van der Waals surface area contributed by atoms with E-state index < -0.39 is 17.4 Å². The molecule has 0 amide bonds. The van der Waals surface area contributed by atoms with E-state index in [4.69, 9.17) is 4.74 Å². The Kier molecular flexibility index (Phi) is 2.95. The highest BCUT2D eigenvalue weighted by atomic mass is 16.6. The summed E-state index contributed by atoms with van der Waals surface area (Å²) in [5.41, 5.74) is 0.503. The molecule has 1 heterocycles. The molecule has 1 aromatic heterocycles. The minimum absolute atomic E-state index is 0.347. The molecule has 2 aromatic rings. The van der Waals surface area contributed by atoms with E-state index in [0.29, 0.717) is 5.56 Å². The van der Waals surface area contributed by atoms with Crippen molar-refractivity contribution in [1.29, 1.82) is 0 Å². The van der Waals surface area contributed by atoms with Crippen molar-refractivity contribution in [1.82, 2.24) is 4.98 Å². The minimum Gasteiger partial charge on any atom is -0.454 e. The fourth-order valence-electron chi connectivity index (χ4n) is 1.69. The van der Waals surface area contributed by atoms with Crippen molar-refractivity contribution in [2.24, 2.45) is 0 Å². The van der Waals surface area contributed by atoms with Gasteiger partial charge in [0, 0.05) is 17.1 Å². The number of carbonyl (C=O) groups is 2. The molecule has 0 bridgehead atoms. The van der Waals surface area contributed by atoms with E-state index in [1.54, 1.807) is 26.8 Å². The smallest absolute Gasteiger partial charge is 0.380 e. The summed E-state index contributed by atoms with van der Waals surface area (Å²) in [5.74, 6) is -1.45. The van der Waals surface area contributed by atoms with Crippen LogP contribution in [0.25, 0.3) is 10.9 Å². The maximum atomic E-state index is 12.0. The third-order valence-corrected chi connectivity index (χ3v) is 2.42. The summed E-state index contributed by atoms with van der Waals surface area (Å²) in [4.78, 5) is 26.7. The molecule has 2 rings (SSSR count). The van der Waals surface area contributed by atoms with Crippen LogP contribution in [0, 0.1) is 0 Å². The second-order valence-corrected chi connectivity index (χ2v) is 5.08. The van der Waals surface area contributed by atoms with E-state index in [1.807, 2.05) is 18.2 Å². The second-order valence-electron chi connectivity index (χ2n) is 5.08. The molecule has 0 radical (unpaired) electrons. The second kappa shape index (κ2) is 4.29. The number of rotatable bonds is 2. The SMILES string of the molecule is CC(C)(C)OC(=O)C(=O)c1c[nH]c2ccccc12. The van der Waals surface area contributed by atoms with Crippen LogP contribution in [0.15, 0.2) is 30.5 Å². The number of ketones is 1. The lowest BCUT2D eigenvalue weighted by atomic mass is 10.1. The van der Waals surface area contributed by atoms with Gasteiger partial charge in [0.1, 0.15) is 5.60 Å². The average Bonchev–Trinajstić information content (AvgIpc) is 2.69. The van der Waals surface area contributed by atoms with E-state index in [1.165, 1.54) is 6.20 Å². The largest absolute Gasteiger partial charge is 0.454 e. The third kappa shape index (κ3) is 2.42. The van der Waals surface area contributed by atoms with Gasteiger partial charge < -0.3 is 9.72 Å². The molecule has 0 saturated heterocycles. The van der Waals surface area contributed by atoms with Crippen LogP contribution in [0.2, 0.25) is 0 Å². The van der Waals surface area contributed by atoms with Gasteiger partial charge in [-0.2, -0.15) is 0 Å². The van der Waals surface area contributed by atoms with E-state index >= 15 is 0 Å². The monoisotopic (exact) mass is 245 g/mol. The van der Waals surface area contributed by atoms with Gasteiger partial charge in [-0.15, -0.1) is 0 Å². The number of H-pyrrole nitrogens is 1. The molecule has 0 aliphatic rings. The molecule has 94 valence electrons. The molecular formula is C14H15NO3. The maximum Gasteiger partial charge on any atom is 0.380 e. The molecule has 1 N–H and O–H groups in total. The van der Waals surface area contributed by atoms with Gasteiger partial charge in [-0.25, -0.2) is 4.79 Å². The number of esters is 1. The summed E-state index contributed by atoms with van der Waals surface area (Å²) in [7, 11) is 0. The van der Waals surface area contributed by atoms with E-state index in [-0.39, 0.29) is 0 Å². The summed E-state index contributed by atoms with van der Waals surface area (Å²) < 4.78 is 5.07. The number of ether oxygens (including phenoxy) is 1. The average molecular weight is 245 g/mol. The van der Waals surface area contributed by atoms with Gasteiger partial charge in [0.15, 0.2) is 0 Å². The van der Waals surface area contributed by atoms with E-state index in [0.717, 1.165) is 10.9 Å². The van der Waals surface area contributed by atoms with Gasteiger partial charge in [0.25, 0.3) is 5.78 Å². The number of nitrogens with one attached hydrogen (secondary N) is 1. The van der Waals surface area contributed by atoms with Crippen molar-refractivity contribution in [3.63, 3.8) is 0 Å². The Hall–Kier alpha value is -2.10. The van der Waals surface area contributed by atoms with Gasteiger partial charge in [0.05, 0.1) is 5.56 Å². The van der Waals surface area contributed by atoms with Crippen molar-refractivity contribution >= 4 is 22.7 Å². The summed E-state index contributed by atoms with van der Waals surface area (Å²) in [6, 6.07) is 7.33. The minimum atomic E-state index is -0.827. The van der Waals surface area contributed by atoms with E-state index in [9.17, 15) is 9.59 Å². The molecular weight excluding hydrogens is 230 g/mol. The highest BCUT2D eigenvalue weighted by molar-refractivity contribution is 6.43. The number of Topliss-reactive ketones (excluding diaryl/α,β-unsaturated/α-hetero) is 1. The Bertz CT molecular complexity index is 605. The first-order valence-electron chi connectivity index (χ1n) is 5.72. The molecule has 0 atom stereocenters. The molecule has 4 heteroatoms. The summed E-state index contributed by atoms with van der Waals surface area (Å²) in [6.45, 7) is 5.19. The predicted molar refractivity (Wildman–Crippen MR) is 68.5 cm³/mol. The van der Waals surface area contributed by atoms with Crippen LogP contribution < -0.4 is 0 Å². The molecule has 18 heavy (non-hydrogen) atoms. The zero-order valence-electron chi connectivity index (χ0n) is 10.6. The van der Waals surface area contributed by atoms with Crippen molar-refractivity contribution < 1.29 is 14.3 Å². The van der Waals surface area contributed by atoms with Crippen LogP contribution in [0.4, 0.5) is 0 Å². The quantitative estimate of drug-likeness (QED) is 0.502. The molecule has 0 unspecified atom stereocenters. The predicted octanol–water partition coefficient (Wildman–Crippen LogP) is 2.69. The topological polar surface area (TPSA) is 59.2 Å². The number of fused-ring (bicyclic) bond motifs is 1. The highest BCUT2D eigenvalue weighted by Crippen LogP contribution is 2.19. The third-order valence-electron chi connectivity index (χ3n) is 2.42. The van der Waals surface area contributed by atoms with Crippen LogP contribution in [-0.2, 0) is 9.53 Å². The first-order valence-corrected chi connectivity index (χ1v) is 5.72. The van der Waals surface area contributed by atoms with Crippen molar-refractivity contribution in [3.05, 3.63) is 36.0 Å². The van der Waals surface area contributed by atoms with Crippen LogP contribution in [-0.4, -0.2) is 22.3 Å². The van der Waals surface area contributed by atoms with Gasteiger partial charge in [-0.3, -0.25) is 4.79 Å². The molecule has 0 aliphatic carbocycles. The number of para-hydroxylation sites is 1.